The van der Waals surface area contributed by atoms with E-state index in [1.165, 1.54) is 17.7 Å². The lowest BCUT2D eigenvalue weighted by Crippen LogP contribution is -1.99. The Hall–Kier alpha value is -0.630. The van der Waals surface area contributed by atoms with Crippen molar-refractivity contribution in [1.29, 1.82) is 0 Å². The average Bonchev–Trinajstić information content (AvgIpc) is 2.17. The van der Waals surface area contributed by atoms with Gasteiger partial charge in [-0.05, 0) is 25.0 Å². The molecule has 0 saturated carbocycles. The fourth-order valence-corrected chi connectivity index (χ4v) is 2.28. The maximum absolute atomic E-state index is 5.86. The van der Waals surface area contributed by atoms with Crippen LogP contribution in [0.2, 0.25) is 0 Å². The molecule has 0 amide bonds. The van der Waals surface area contributed by atoms with E-state index >= 15 is 0 Å². The summed E-state index contributed by atoms with van der Waals surface area (Å²) in [5.74, 6) is 0. The Morgan fingerprint density at radius 2 is 1.85 bits per heavy atom. The van der Waals surface area contributed by atoms with E-state index in [-0.39, 0.29) is 0 Å². The van der Waals surface area contributed by atoms with Crippen LogP contribution in [0.5, 0.6) is 0 Å². The Kier molecular flexibility index (Phi) is 4.16. The standard InChI is InChI=1S/C11H17NS/c1-3-9(4-2)13-11-8-6-5-7-10(11)12/h5-9H,3-4,12H2,1-2H3. The minimum absolute atomic E-state index is 0.699. The van der Waals surface area contributed by atoms with E-state index in [0.29, 0.717) is 5.25 Å². The molecule has 0 aromatic heterocycles. The number of nitrogen functional groups attached to an aromatic ring is 1. The van der Waals surface area contributed by atoms with Crippen LogP contribution in [0, 0.1) is 0 Å². The van der Waals surface area contributed by atoms with Gasteiger partial charge in [-0.3, -0.25) is 0 Å². The van der Waals surface area contributed by atoms with Crippen molar-refractivity contribution in [1.82, 2.24) is 0 Å². The van der Waals surface area contributed by atoms with E-state index in [0.717, 1.165) is 5.69 Å². The van der Waals surface area contributed by atoms with Crippen LogP contribution in [0.3, 0.4) is 0 Å². The summed E-state index contributed by atoms with van der Waals surface area (Å²) in [6.45, 7) is 4.45. The second kappa shape index (κ2) is 5.18. The molecule has 0 bridgehead atoms. The minimum Gasteiger partial charge on any atom is -0.398 e. The van der Waals surface area contributed by atoms with Gasteiger partial charge in [0.25, 0.3) is 0 Å². The first-order valence-corrected chi connectivity index (χ1v) is 5.67. The van der Waals surface area contributed by atoms with Crippen LogP contribution < -0.4 is 5.73 Å². The second-order valence-corrected chi connectivity index (χ2v) is 4.44. The quantitative estimate of drug-likeness (QED) is 0.587. The van der Waals surface area contributed by atoms with Crippen LogP contribution >= 0.6 is 11.8 Å². The first-order valence-electron chi connectivity index (χ1n) is 4.79. The summed E-state index contributed by atoms with van der Waals surface area (Å²) < 4.78 is 0. The summed E-state index contributed by atoms with van der Waals surface area (Å²) in [6, 6.07) is 8.08. The molecule has 1 nitrogen and oxygen atoms in total. The molecule has 2 heteroatoms. The van der Waals surface area contributed by atoms with Crippen LogP contribution in [0.15, 0.2) is 29.2 Å². The van der Waals surface area contributed by atoms with Crippen molar-refractivity contribution in [2.24, 2.45) is 0 Å². The lowest BCUT2D eigenvalue weighted by atomic mass is 10.3. The highest BCUT2D eigenvalue weighted by atomic mass is 32.2. The average molecular weight is 195 g/mol. The van der Waals surface area contributed by atoms with Crippen LogP contribution in [0.1, 0.15) is 26.7 Å². The molecule has 72 valence electrons. The van der Waals surface area contributed by atoms with Crippen molar-refractivity contribution in [2.75, 3.05) is 5.73 Å². The van der Waals surface area contributed by atoms with Crippen molar-refractivity contribution in [2.45, 2.75) is 36.8 Å². The lowest BCUT2D eigenvalue weighted by Gasteiger charge is -2.12. The van der Waals surface area contributed by atoms with Crippen LogP contribution in [-0.4, -0.2) is 5.25 Å². The second-order valence-electron chi connectivity index (χ2n) is 3.09. The largest absolute Gasteiger partial charge is 0.398 e. The molecule has 0 aliphatic heterocycles. The maximum Gasteiger partial charge on any atom is 0.0452 e. The van der Waals surface area contributed by atoms with Crippen LogP contribution in [0.25, 0.3) is 0 Å². The molecule has 2 N–H and O–H groups in total. The van der Waals surface area contributed by atoms with E-state index < -0.39 is 0 Å². The topological polar surface area (TPSA) is 26.0 Å². The molecule has 0 spiro atoms. The van der Waals surface area contributed by atoms with Gasteiger partial charge in [-0.25, -0.2) is 0 Å². The molecule has 0 radical (unpaired) electrons. The third-order valence-electron chi connectivity index (χ3n) is 2.12. The zero-order chi connectivity index (χ0) is 9.68. The summed E-state index contributed by atoms with van der Waals surface area (Å²) in [5.41, 5.74) is 6.76. The maximum atomic E-state index is 5.86. The Morgan fingerprint density at radius 1 is 1.23 bits per heavy atom. The molecule has 1 aromatic rings. The van der Waals surface area contributed by atoms with Gasteiger partial charge in [0.05, 0.1) is 0 Å². The van der Waals surface area contributed by atoms with Gasteiger partial charge in [0.1, 0.15) is 0 Å². The van der Waals surface area contributed by atoms with Crippen molar-refractivity contribution < 1.29 is 0 Å². The van der Waals surface area contributed by atoms with E-state index in [1.54, 1.807) is 0 Å². The summed E-state index contributed by atoms with van der Waals surface area (Å²) in [5, 5.41) is 0.699. The van der Waals surface area contributed by atoms with E-state index in [9.17, 15) is 0 Å². The van der Waals surface area contributed by atoms with Gasteiger partial charge in [0, 0.05) is 15.8 Å². The molecule has 0 unspecified atom stereocenters. The molecular weight excluding hydrogens is 178 g/mol. The Labute approximate surface area is 84.7 Å². The van der Waals surface area contributed by atoms with Gasteiger partial charge in [0.2, 0.25) is 0 Å². The fraction of sp³-hybridized carbons (Fsp3) is 0.455. The van der Waals surface area contributed by atoms with Gasteiger partial charge in [-0.2, -0.15) is 0 Å². The monoisotopic (exact) mass is 195 g/mol. The molecule has 0 aliphatic carbocycles. The van der Waals surface area contributed by atoms with Crippen molar-refractivity contribution >= 4 is 17.4 Å². The van der Waals surface area contributed by atoms with Crippen molar-refractivity contribution in [3.63, 3.8) is 0 Å². The summed E-state index contributed by atoms with van der Waals surface area (Å²) in [6.07, 6.45) is 2.41. The number of hydrogen-bond donors (Lipinski definition) is 1. The molecule has 0 saturated heterocycles. The highest BCUT2D eigenvalue weighted by Gasteiger charge is 2.06. The zero-order valence-electron chi connectivity index (χ0n) is 8.29. The number of anilines is 1. The first-order chi connectivity index (χ1) is 6.27. The number of benzene rings is 1. The summed E-state index contributed by atoms with van der Waals surface area (Å²) >= 11 is 1.89. The Bertz CT molecular complexity index is 256. The minimum atomic E-state index is 0.699. The smallest absolute Gasteiger partial charge is 0.0452 e. The third-order valence-corrected chi connectivity index (χ3v) is 3.75. The zero-order valence-corrected chi connectivity index (χ0v) is 9.10. The van der Waals surface area contributed by atoms with Gasteiger partial charge >= 0.3 is 0 Å². The number of thioether (sulfide) groups is 1. The van der Waals surface area contributed by atoms with Gasteiger partial charge in [0.15, 0.2) is 0 Å². The predicted octanol–water partition coefficient (Wildman–Crippen LogP) is 3.55. The van der Waals surface area contributed by atoms with E-state index in [1.807, 2.05) is 30.0 Å². The third kappa shape index (κ3) is 2.96. The summed E-state index contributed by atoms with van der Waals surface area (Å²) in [4.78, 5) is 1.22. The highest BCUT2D eigenvalue weighted by molar-refractivity contribution is 8.00. The first kappa shape index (κ1) is 10.5. The fourth-order valence-electron chi connectivity index (χ4n) is 1.22. The molecule has 0 aliphatic rings. The molecule has 0 atom stereocenters. The lowest BCUT2D eigenvalue weighted by molar-refractivity contribution is 0.792. The number of rotatable bonds is 4. The number of para-hydroxylation sites is 1. The molecule has 1 rings (SSSR count). The van der Waals surface area contributed by atoms with Gasteiger partial charge in [-0.15, -0.1) is 11.8 Å². The molecule has 0 heterocycles. The van der Waals surface area contributed by atoms with Crippen LogP contribution in [-0.2, 0) is 0 Å². The number of hydrogen-bond acceptors (Lipinski definition) is 2. The molecule has 13 heavy (non-hydrogen) atoms. The Morgan fingerprint density at radius 3 is 2.38 bits per heavy atom. The number of nitrogens with two attached hydrogens (primary N) is 1. The van der Waals surface area contributed by atoms with Crippen LogP contribution in [0.4, 0.5) is 5.69 Å². The summed E-state index contributed by atoms with van der Waals surface area (Å²) in [7, 11) is 0. The molecule has 1 aromatic carbocycles. The SMILES string of the molecule is CCC(CC)Sc1ccccc1N. The van der Waals surface area contributed by atoms with Gasteiger partial charge in [-0.1, -0.05) is 26.0 Å². The van der Waals surface area contributed by atoms with Crippen molar-refractivity contribution in [3.8, 4) is 0 Å². The highest BCUT2D eigenvalue weighted by Crippen LogP contribution is 2.31. The molecule has 0 fully saturated rings. The van der Waals surface area contributed by atoms with Crippen molar-refractivity contribution in [3.05, 3.63) is 24.3 Å². The van der Waals surface area contributed by atoms with E-state index in [4.69, 9.17) is 5.73 Å². The van der Waals surface area contributed by atoms with Gasteiger partial charge < -0.3 is 5.73 Å². The normalized spacial score (nSPS) is 10.7. The Balaban J connectivity index is 2.67. The predicted molar refractivity (Wildman–Crippen MR) is 61.1 cm³/mol. The molecular formula is C11H17NS. The van der Waals surface area contributed by atoms with E-state index in [2.05, 4.69) is 19.9 Å².